The quantitative estimate of drug-likeness (QED) is 0.647. The van der Waals surface area contributed by atoms with Gasteiger partial charge in [0.25, 0.3) is 0 Å². The summed E-state index contributed by atoms with van der Waals surface area (Å²) in [4.78, 5) is 14.8. The maximum atomic E-state index is 11.2. The minimum Gasteiger partial charge on any atom is -0.450 e. The van der Waals surface area contributed by atoms with Crippen LogP contribution in [0.4, 0.5) is 4.79 Å². The number of piperazine rings is 1. The highest BCUT2D eigenvalue weighted by Crippen LogP contribution is 2.02. The molecule has 13 heavy (non-hydrogen) atoms. The van der Waals surface area contributed by atoms with Gasteiger partial charge in [-0.2, -0.15) is 0 Å². The monoisotopic (exact) mass is 188 g/mol. The molecule has 0 unspecified atom stereocenters. The van der Waals surface area contributed by atoms with Crippen LogP contribution in [0.15, 0.2) is 0 Å². The summed E-state index contributed by atoms with van der Waals surface area (Å²) in [5, 5.41) is 8.81. The fourth-order valence-electron chi connectivity index (χ4n) is 1.29. The van der Waals surface area contributed by atoms with Gasteiger partial charge in [-0.05, 0) is 6.92 Å². The van der Waals surface area contributed by atoms with Gasteiger partial charge >= 0.3 is 6.09 Å². The van der Waals surface area contributed by atoms with Gasteiger partial charge < -0.3 is 14.7 Å². The number of aliphatic hydroxyl groups excluding tert-OH is 1. The van der Waals surface area contributed by atoms with E-state index in [-0.39, 0.29) is 12.8 Å². The molecule has 0 radical (unpaired) electrons. The SMILES string of the molecule is CCOC(=O)N1CCN(CO)CC1. The van der Waals surface area contributed by atoms with Gasteiger partial charge in [0.2, 0.25) is 0 Å². The summed E-state index contributed by atoms with van der Waals surface area (Å²) in [6.07, 6.45) is -0.250. The topological polar surface area (TPSA) is 53.0 Å². The van der Waals surface area contributed by atoms with E-state index in [0.29, 0.717) is 19.7 Å². The Morgan fingerprint density at radius 3 is 2.46 bits per heavy atom. The summed E-state index contributed by atoms with van der Waals surface area (Å²) in [5.74, 6) is 0. The normalized spacial score (nSPS) is 18.8. The third-order valence-electron chi connectivity index (χ3n) is 2.10. The van der Waals surface area contributed by atoms with Crippen LogP contribution in [0.25, 0.3) is 0 Å². The minimum absolute atomic E-state index is 0.0661. The number of hydrogen-bond donors (Lipinski definition) is 1. The molecule has 1 saturated heterocycles. The van der Waals surface area contributed by atoms with Gasteiger partial charge in [0.05, 0.1) is 13.3 Å². The predicted molar refractivity (Wildman–Crippen MR) is 47.3 cm³/mol. The van der Waals surface area contributed by atoms with Crippen LogP contribution >= 0.6 is 0 Å². The number of carbonyl (C=O) groups excluding carboxylic acids is 1. The summed E-state index contributed by atoms with van der Waals surface area (Å²) in [6, 6.07) is 0. The van der Waals surface area contributed by atoms with Gasteiger partial charge in [-0.15, -0.1) is 0 Å². The second-order valence-corrected chi connectivity index (χ2v) is 2.95. The summed E-state index contributed by atoms with van der Waals surface area (Å²) >= 11 is 0. The molecular weight excluding hydrogens is 172 g/mol. The van der Waals surface area contributed by atoms with Crippen LogP contribution in [0, 0.1) is 0 Å². The summed E-state index contributed by atoms with van der Waals surface area (Å²) < 4.78 is 4.86. The van der Waals surface area contributed by atoms with Gasteiger partial charge in [0.1, 0.15) is 0 Å². The van der Waals surface area contributed by atoms with E-state index in [1.54, 1.807) is 11.8 Å². The van der Waals surface area contributed by atoms with Crippen LogP contribution in [-0.2, 0) is 4.74 Å². The molecule has 5 heteroatoms. The molecule has 0 saturated carbocycles. The number of nitrogens with zero attached hydrogens (tertiary/aromatic N) is 2. The molecule has 1 amide bonds. The van der Waals surface area contributed by atoms with Crippen molar-refractivity contribution in [1.82, 2.24) is 9.80 Å². The van der Waals surface area contributed by atoms with Crippen LogP contribution in [0.2, 0.25) is 0 Å². The van der Waals surface area contributed by atoms with E-state index < -0.39 is 0 Å². The zero-order valence-corrected chi connectivity index (χ0v) is 7.90. The Hall–Kier alpha value is -0.810. The highest BCUT2D eigenvalue weighted by molar-refractivity contribution is 5.67. The highest BCUT2D eigenvalue weighted by Gasteiger charge is 2.20. The van der Waals surface area contributed by atoms with Crippen molar-refractivity contribution in [3.8, 4) is 0 Å². The van der Waals surface area contributed by atoms with Crippen LogP contribution < -0.4 is 0 Å². The zero-order valence-electron chi connectivity index (χ0n) is 7.90. The van der Waals surface area contributed by atoms with E-state index in [2.05, 4.69) is 0 Å². The molecule has 0 aromatic carbocycles. The van der Waals surface area contributed by atoms with Crippen molar-refractivity contribution < 1.29 is 14.6 Å². The molecule has 0 spiro atoms. The van der Waals surface area contributed by atoms with Crippen LogP contribution in [0.5, 0.6) is 0 Å². The number of rotatable bonds is 2. The number of amides is 1. The molecule has 76 valence electrons. The van der Waals surface area contributed by atoms with Crippen molar-refractivity contribution in [2.24, 2.45) is 0 Å². The third kappa shape index (κ3) is 2.86. The van der Waals surface area contributed by atoms with Crippen molar-refractivity contribution in [2.45, 2.75) is 6.92 Å². The first-order chi connectivity index (χ1) is 6.27. The summed E-state index contributed by atoms with van der Waals surface area (Å²) in [7, 11) is 0. The van der Waals surface area contributed by atoms with E-state index in [0.717, 1.165) is 13.1 Å². The number of carbonyl (C=O) groups is 1. The average Bonchev–Trinajstić information content (AvgIpc) is 2.18. The number of aliphatic hydroxyl groups is 1. The minimum atomic E-state index is -0.250. The molecule has 0 bridgehead atoms. The highest BCUT2D eigenvalue weighted by atomic mass is 16.6. The molecule has 1 fully saturated rings. The maximum absolute atomic E-state index is 11.2. The molecule has 0 aromatic heterocycles. The molecule has 0 aromatic rings. The smallest absolute Gasteiger partial charge is 0.409 e. The maximum Gasteiger partial charge on any atom is 0.409 e. The molecule has 1 heterocycles. The molecule has 1 aliphatic rings. The Morgan fingerprint density at radius 1 is 1.38 bits per heavy atom. The average molecular weight is 188 g/mol. The standard InChI is InChI=1S/C8H16N2O3/c1-2-13-8(12)10-5-3-9(7-11)4-6-10/h11H,2-7H2,1H3. The molecule has 1 aliphatic heterocycles. The van der Waals surface area contributed by atoms with Gasteiger partial charge in [-0.25, -0.2) is 4.79 Å². The lowest BCUT2D eigenvalue weighted by Crippen LogP contribution is -2.48. The fraction of sp³-hybridized carbons (Fsp3) is 0.875. The first-order valence-corrected chi connectivity index (χ1v) is 4.53. The van der Waals surface area contributed by atoms with Gasteiger partial charge in [0, 0.05) is 26.2 Å². The Kier molecular flexibility index (Phi) is 3.98. The second kappa shape index (κ2) is 5.04. The summed E-state index contributed by atoms with van der Waals surface area (Å²) in [6.45, 7) is 4.99. The second-order valence-electron chi connectivity index (χ2n) is 2.95. The largest absolute Gasteiger partial charge is 0.450 e. The number of hydrogen-bond acceptors (Lipinski definition) is 4. The van der Waals surface area contributed by atoms with Crippen LogP contribution in [0.3, 0.4) is 0 Å². The van der Waals surface area contributed by atoms with E-state index in [9.17, 15) is 4.79 Å². The Morgan fingerprint density at radius 2 is 2.00 bits per heavy atom. The van der Waals surface area contributed by atoms with Crippen LogP contribution in [0.1, 0.15) is 6.92 Å². The predicted octanol–water partition coefficient (Wildman–Crippen LogP) is -0.290. The molecule has 0 aliphatic carbocycles. The third-order valence-corrected chi connectivity index (χ3v) is 2.10. The van der Waals surface area contributed by atoms with E-state index in [1.165, 1.54) is 0 Å². The Labute approximate surface area is 77.9 Å². The van der Waals surface area contributed by atoms with Gasteiger partial charge in [-0.3, -0.25) is 4.90 Å². The first kappa shape index (κ1) is 10.3. The molecule has 1 N–H and O–H groups in total. The van der Waals surface area contributed by atoms with Crippen molar-refractivity contribution in [3.05, 3.63) is 0 Å². The van der Waals surface area contributed by atoms with Gasteiger partial charge in [-0.1, -0.05) is 0 Å². The zero-order chi connectivity index (χ0) is 9.68. The molecule has 0 atom stereocenters. The lowest BCUT2D eigenvalue weighted by molar-refractivity contribution is 0.0436. The van der Waals surface area contributed by atoms with E-state index in [4.69, 9.17) is 9.84 Å². The van der Waals surface area contributed by atoms with Gasteiger partial charge in [0.15, 0.2) is 0 Å². The van der Waals surface area contributed by atoms with E-state index >= 15 is 0 Å². The first-order valence-electron chi connectivity index (χ1n) is 4.53. The Bertz CT molecular complexity index is 167. The van der Waals surface area contributed by atoms with Crippen molar-refractivity contribution in [1.29, 1.82) is 0 Å². The van der Waals surface area contributed by atoms with Crippen molar-refractivity contribution in [3.63, 3.8) is 0 Å². The fourth-order valence-corrected chi connectivity index (χ4v) is 1.29. The van der Waals surface area contributed by atoms with Crippen molar-refractivity contribution >= 4 is 6.09 Å². The Balaban J connectivity index is 2.28. The number of ether oxygens (including phenoxy) is 1. The van der Waals surface area contributed by atoms with Crippen molar-refractivity contribution in [2.75, 3.05) is 39.5 Å². The lowest BCUT2D eigenvalue weighted by atomic mass is 10.3. The van der Waals surface area contributed by atoms with E-state index in [1.807, 2.05) is 4.90 Å². The molecule has 5 nitrogen and oxygen atoms in total. The summed E-state index contributed by atoms with van der Waals surface area (Å²) in [5.41, 5.74) is 0. The lowest BCUT2D eigenvalue weighted by Gasteiger charge is -2.32. The molecular formula is C8H16N2O3. The molecule has 1 rings (SSSR count). The van der Waals surface area contributed by atoms with Crippen LogP contribution in [-0.4, -0.2) is 60.5 Å².